The highest BCUT2D eigenvalue weighted by Gasteiger charge is 2.44. The summed E-state index contributed by atoms with van der Waals surface area (Å²) < 4.78 is 5.22. The molecule has 1 saturated carbocycles. The van der Waals surface area contributed by atoms with E-state index in [1.165, 1.54) is 0 Å². The predicted molar refractivity (Wildman–Crippen MR) is 73.6 cm³/mol. The standard InChI is InChI=1S/C13H24N4O2/c1-4-19-12(18)13(15-7-8-16-17-14)6-5-10(2)11(3)9-13/h10-11,15H,4-9H2,1-3H3. The lowest BCUT2D eigenvalue weighted by molar-refractivity contribution is -0.154. The molecule has 6 heteroatoms. The molecule has 0 aromatic carbocycles. The Bertz CT molecular complexity index is 355. The first-order valence-corrected chi connectivity index (χ1v) is 6.99. The van der Waals surface area contributed by atoms with Crippen LogP contribution in [-0.4, -0.2) is 31.2 Å². The topological polar surface area (TPSA) is 87.1 Å². The molecule has 108 valence electrons. The van der Waals surface area contributed by atoms with Gasteiger partial charge in [0.2, 0.25) is 0 Å². The highest BCUT2D eigenvalue weighted by molar-refractivity contribution is 5.81. The van der Waals surface area contributed by atoms with E-state index >= 15 is 0 Å². The van der Waals surface area contributed by atoms with Crippen LogP contribution in [0.1, 0.15) is 40.0 Å². The molecule has 0 saturated heterocycles. The zero-order valence-corrected chi connectivity index (χ0v) is 12.1. The normalized spacial score (nSPS) is 30.5. The zero-order valence-electron chi connectivity index (χ0n) is 12.1. The van der Waals surface area contributed by atoms with Gasteiger partial charge in [0, 0.05) is 18.0 Å². The maximum absolute atomic E-state index is 12.2. The van der Waals surface area contributed by atoms with Crippen molar-refractivity contribution in [1.29, 1.82) is 0 Å². The third kappa shape index (κ3) is 4.11. The van der Waals surface area contributed by atoms with Crippen LogP contribution >= 0.6 is 0 Å². The summed E-state index contributed by atoms with van der Waals surface area (Å²) >= 11 is 0. The van der Waals surface area contributed by atoms with Crippen molar-refractivity contribution >= 4 is 5.97 Å². The summed E-state index contributed by atoms with van der Waals surface area (Å²) in [6.07, 6.45) is 2.57. The molecule has 6 nitrogen and oxygen atoms in total. The molecule has 0 aromatic rings. The van der Waals surface area contributed by atoms with E-state index in [4.69, 9.17) is 10.3 Å². The Balaban J connectivity index is 2.72. The van der Waals surface area contributed by atoms with Gasteiger partial charge < -0.3 is 10.1 Å². The lowest BCUT2D eigenvalue weighted by atomic mass is 9.71. The van der Waals surface area contributed by atoms with Crippen LogP contribution in [0.5, 0.6) is 0 Å². The quantitative estimate of drug-likeness (QED) is 0.264. The van der Waals surface area contributed by atoms with Crippen molar-refractivity contribution in [2.75, 3.05) is 19.7 Å². The molecule has 1 aliphatic rings. The first kappa shape index (κ1) is 15.8. The van der Waals surface area contributed by atoms with Gasteiger partial charge in [-0.1, -0.05) is 19.0 Å². The second-order valence-electron chi connectivity index (χ2n) is 5.38. The Morgan fingerprint density at radius 2 is 2.26 bits per heavy atom. The summed E-state index contributed by atoms with van der Waals surface area (Å²) in [5.74, 6) is 0.932. The number of carbonyl (C=O) groups is 1. The minimum atomic E-state index is -0.604. The monoisotopic (exact) mass is 268 g/mol. The van der Waals surface area contributed by atoms with Gasteiger partial charge in [0.15, 0.2) is 0 Å². The number of hydrogen-bond donors (Lipinski definition) is 1. The number of nitrogens with one attached hydrogen (secondary N) is 1. The lowest BCUT2D eigenvalue weighted by Gasteiger charge is -2.41. The SMILES string of the molecule is CCOC(=O)C1(NCCN=[N+]=[N-])CCC(C)C(C)C1. The predicted octanol–water partition coefficient (Wildman–Crippen LogP) is 2.64. The van der Waals surface area contributed by atoms with Crippen LogP contribution in [0.15, 0.2) is 5.11 Å². The first-order chi connectivity index (χ1) is 9.05. The van der Waals surface area contributed by atoms with Gasteiger partial charge in [0.25, 0.3) is 0 Å². The van der Waals surface area contributed by atoms with Crippen molar-refractivity contribution < 1.29 is 9.53 Å². The van der Waals surface area contributed by atoms with Crippen molar-refractivity contribution in [3.8, 4) is 0 Å². The second-order valence-corrected chi connectivity index (χ2v) is 5.38. The maximum Gasteiger partial charge on any atom is 0.326 e. The molecular formula is C13H24N4O2. The Morgan fingerprint density at radius 3 is 2.84 bits per heavy atom. The van der Waals surface area contributed by atoms with Gasteiger partial charge in [-0.2, -0.15) is 0 Å². The summed E-state index contributed by atoms with van der Waals surface area (Å²) in [5.41, 5.74) is 7.67. The van der Waals surface area contributed by atoms with Crippen molar-refractivity contribution in [1.82, 2.24) is 5.32 Å². The highest BCUT2D eigenvalue weighted by Crippen LogP contribution is 2.37. The van der Waals surface area contributed by atoms with Gasteiger partial charge in [-0.15, -0.1) is 0 Å². The van der Waals surface area contributed by atoms with E-state index < -0.39 is 5.54 Å². The minimum absolute atomic E-state index is 0.172. The van der Waals surface area contributed by atoms with Crippen LogP contribution in [0.2, 0.25) is 0 Å². The third-order valence-corrected chi connectivity index (χ3v) is 4.07. The number of azide groups is 1. The molecule has 0 bridgehead atoms. The molecule has 1 aliphatic carbocycles. The van der Waals surface area contributed by atoms with E-state index in [9.17, 15) is 4.79 Å². The van der Waals surface area contributed by atoms with E-state index in [0.717, 1.165) is 19.3 Å². The molecule has 0 spiro atoms. The Morgan fingerprint density at radius 1 is 1.53 bits per heavy atom. The molecule has 19 heavy (non-hydrogen) atoms. The average Bonchev–Trinajstić information content (AvgIpc) is 2.39. The van der Waals surface area contributed by atoms with E-state index in [1.807, 2.05) is 6.92 Å². The van der Waals surface area contributed by atoms with Crippen LogP contribution in [0.25, 0.3) is 10.4 Å². The Hall–Kier alpha value is -1.26. The number of ether oxygens (including phenoxy) is 1. The third-order valence-electron chi connectivity index (χ3n) is 4.07. The van der Waals surface area contributed by atoms with Gasteiger partial charge in [-0.25, -0.2) is 0 Å². The maximum atomic E-state index is 12.2. The summed E-state index contributed by atoms with van der Waals surface area (Å²) in [6.45, 7) is 7.46. The van der Waals surface area contributed by atoms with Gasteiger partial charge >= 0.3 is 5.97 Å². The summed E-state index contributed by atoms with van der Waals surface area (Å²) in [4.78, 5) is 15.0. The average molecular weight is 268 g/mol. The summed E-state index contributed by atoms with van der Waals surface area (Å²) in [5, 5.41) is 6.76. The largest absolute Gasteiger partial charge is 0.465 e. The Kier molecular flexibility index (Phi) is 6.12. The van der Waals surface area contributed by atoms with Crippen LogP contribution in [0.3, 0.4) is 0 Å². The molecular weight excluding hydrogens is 244 g/mol. The second kappa shape index (κ2) is 7.36. The molecule has 1 N–H and O–H groups in total. The van der Waals surface area contributed by atoms with Gasteiger partial charge in [0.05, 0.1) is 6.61 Å². The number of hydrogen-bond acceptors (Lipinski definition) is 4. The number of rotatable bonds is 6. The van der Waals surface area contributed by atoms with Gasteiger partial charge in [0.1, 0.15) is 5.54 Å². The van der Waals surface area contributed by atoms with Gasteiger partial charge in [-0.3, -0.25) is 4.79 Å². The fourth-order valence-corrected chi connectivity index (χ4v) is 2.69. The molecule has 0 aliphatic heterocycles. The highest BCUT2D eigenvalue weighted by atomic mass is 16.5. The van der Waals surface area contributed by atoms with Crippen molar-refractivity contribution in [2.45, 2.75) is 45.6 Å². The van der Waals surface area contributed by atoms with Crippen LogP contribution < -0.4 is 5.32 Å². The Labute approximate surface area is 114 Å². The molecule has 3 atom stereocenters. The van der Waals surface area contributed by atoms with E-state index in [0.29, 0.717) is 31.5 Å². The van der Waals surface area contributed by atoms with Crippen LogP contribution in [-0.2, 0) is 9.53 Å². The molecule has 0 heterocycles. The molecule has 1 fully saturated rings. The number of carbonyl (C=O) groups excluding carboxylic acids is 1. The number of esters is 1. The van der Waals surface area contributed by atoms with E-state index in [-0.39, 0.29) is 5.97 Å². The van der Waals surface area contributed by atoms with Crippen molar-refractivity contribution in [3.05, 3.63) is 10.4 Å². The lowest BCUT2D eigenvalue weighted by Crippen LogP contribution is -2.57. The molecule has 0 radical (unpaired) electrons. The smallest absolute Gasteiger partial charge is 0.326 e. The zero-order chi connectivity index (χ0) is 14.3. The van der Waals surface area contributed by atoms with Crippen molar-refractivity contribution in [2.24, 2.45) is 17.0 Å². The van der Waals surface area contributed by atoms with Crippen LogP contribution in [0.4, 0.5) is 0 Å². The van der Waals surface area contributed by atoms with E-state index in [1.54, 1.807) is 0 Å². The molecule has 3 unspecified atom stereocenters. The summed E-state index contributed by atoms with van der Waals surface area (Å²) in [7, 11) is 0. The molecule has 0 aromatic heterocycles. The van der Waals surface area contributed by atoms with Crippen LogP contribution in [0, 0.1) is 11.8 Å². The fourth-order valence-electron chi connectivity index (χ4n) is 2.69. The molecule has 0 amide bonds. The number of nitrogens with zero attached hydrogens (tertiary/aromatic N) is 3. The van der Waals surface area contributed by atoms with E-state index in [2.05, 4.69) is 29.2 Å². The first-order valence-electron chi connectivity index (χ1n) is 6.99. The fraction of sp³-hybridized carbons (Fsp3) is 0.923. The molecule has 1 rings (SSSR count). The summed E-state index contributed by atoms with van der Waals surface area (Å²) in [6, 6.07) is 0. The minimum Gasteiger partial charge on any atom is -0.465 e. The van der Waals surface area contributed by atoms with Gasteiger partial charge in [-0.05, 0) is 43.6 Å². The van der Waals surface area contributed by atoms with Crippen molar-refractivity contribution in [3.63, 3.8) is 0 Å².